The summed E-state index contributed by atoms with van der Waals surface area (Å²) in [5, 5.41) is 0.375. The molecule has 3 fully saturated rings. The topological polar surface area (TPSA) is 120 Å². The second-order valence-electron chi connectivity index (χ2n) is 13.7. The molecule has 2 aliphatic heterocycles. The van der Waals surface area contributed by atoms with E-state index in [2.05, 4.69) is 9.97 Å². The number of benzene rings is 2. The smallest absolute Gasteiger partial charge is 0.429 e. The van der Waals surface area contributed by atoms with Gasteiger partial charge in [-0.1, -0.05) is 67.3 Å². The van der Waals surface area contributed by atoms with E-state index >= 15 is 0 Å². The summed E-state index contributed by atoms with van der Waals surface area (Å²) in [6.45, 7) is 3.16. The van der Waals surface area contributed by atoms with Crippen molar-refractivity contribution in [3.05, 3.63) is 76.3 Å². The molecular weight excluding hydrogens is 687 g/mol. The number of ether oxygens (including phenoxy) is 3. The van der Waals surface area contributed by atoms with E-state index in [4.69, 9.17) is 31.5 Å². The molecule has 2 atom stereocenters. The number of alkyl halides is 3. The molecule has 1 aliphatic carbocycles. The first-order chi connectivity index (χ1) is 24.4. The highest BCUT2D eigenvalue weighted by Gasteiger charge is 2.51. The maximum Gasteiger partial charge on any atom is 0.429 e. The fraction of sp³-hybridized carbons (Fsp3) is 0.514. The predicted molar refractivity (Wildman–Crippen MR) is 185 cm³/mol. The Morgan fingerprint density at radius 2 is 1.75 bits per heavy atom. The number of carbonyl (C=O) groups excluding carboxylic acids is 2. The molecule has 10 nitrogen and oxygen atoms in total. The summed E-state index contributed by atoms with van der Waals surface area (Å²) in [6, 6.07) is 14.3. The van der Waals surface area contributed by atoms with Gasteiger partial charge in [-0.05, 0) is 73.6 Å². The van der Waals surface area contributed by atoms with Crippen molar-refractivity contribution >= 4 is 35.4 Å². The van der Waals surface area contributed by atoms with Crippen LogP contribution in [0.4, 0.5) is 29.7 Å². The number of aromatic nitrogens is 2. The summed E-state index contributed by atoms with van der Waals surface area (Å²) in [6.07, 6.45) is -1.57. The largest absolute Gasteiger partial charge is 0.464 e. The van der Waals surface area contributed by atoms with E-state index in [1.165, 1.54) is 23.1 Å². The minimum Gasteiger partial charge on any atom is -0.464 e. The van der Waals surface area contributed by atoms with Crippen molar-refractivity contribution in [3.63, 3.8) is 0 Å². The van der Waals surface area contributed by atoms with Gasteiger partial charge < -0.3 is 24.8 Å². The average molecular weight is 730 g/mol. The van der Waals surface area contributed by atoms with Crippen molar-refractivity contribution < 1.29 is 37.0 Å². The molecule has 6 rings (SSSR count). The van der Waals surface area contributed by atoms with E-state index in [1.54, 1.807) is 13.0 Å². The Morgan fingerprint density at radius 1 is 1.02 bits per heavy atom. The maximum atomic E-state index is 14.7. The van der Waals surface area contributed by atoms with E-state index in [0.717, 1.165) is 37.7 Å². The zero-order valence-electron chi connectivity index (χ0n) is 28.5. The number of nitrogens with zero attached hydrogens (tertiary/aromatic N) is 4. The van der Waals surface area contributed by atoms with Gasteiger partial charge in [0.25, 0.3) is 0 Å². The lowest BCUT2D eigenvalue weighted by Crippen LogP contribution is -2.43. The first-order valence-corrected chi connectivity index (χ1v) is 17.9. The van der Waals surface area contributed by atoms with Gasteiger partial charge in [0.1, 0.15) is 18.5 Å². The Kier molecular flexibility index (Phi) is 11.1. The van der Waals surface area contributed by atoms with E-state index in [1.807, 2.05) is 35.2 Å². The van der Waals surface area contributed by atoms with Gasteiger partial charge in [0.2, 0.25) is 17.9 Å². The van der Waals surface area contributed by atoms with Gasteiger partial charge >= 0.3 is 18.2 Å². The molecule has 2 saturated heterocycles. The predicted octanol–water partition coefficient (Wildman–Crippen LogP) is 8.00. The van der Waals surface area contributed by atoms with Crippen molar-refractivity contribution in [2.75, 3.05) is 36.9 Å². The molecule has 1 amide bonds. The molecular formula is C37H43ClF3N5O5. The van der Waals surface area contributed by atoms with Gasteiger partial charge in [0.05, 0.1) is 6.61 Å². The van der Waals surface area contributed by atoms with Gasteiger partial charge in [-0.2, -0.15) is 23.1 Å². The highest BCUT2D eigenvalue weighted by atomic mass is 35.5. The molecule has 2 aromatic carbocycles. The fourth-order valence-electron chi connectivity index (χ4n) is 7.70. The molecule has 1 spiro atoms. The van der Waals surface area contributed by atoms with Gasteiger partial charge in [0.15, 0.2) is 0 Å². The lowest BCUT2D eigenvalue weighted by molar-refractivity contribution is -0.199. The summed E-state index contributed by atoms with van der Waals surface area (Å²) in [5.74, 6) is -0.710. The molecule has 274 valence electrons. The summed E-state index contributed by atoms with van der Waals surface area (Å²) in [5.41, 5.74) is 7.02. The minimum atomic E-state index is -4.75. The second-order valence-corrected chi connectivity index (χ2v) is 14.1. The van der Waals surface area contributed by atoms with E-state index in [-0.39, 0.29) is 36.5 Å². The third-order valence-corrected chi connectivity index (χ3v) is 10.5. The third kappa shape index (κ3) is 8.62. The quantitative estimate of drug-likeness (QED) is 0.219. The molecule has 0 radical (unpaired) electrons. The van der Waals surface area contributed by atoms with Crippen molar-refractivity contribution in [2.24, 2.45) is 5.41 Å². The third-order valence-electron chi connectivity index (χ3n) is 10.3. The second kappa shape index (κ2) is 15.5. The number of hydrogen-bond acceptors (Lipinski definition) is 9. The van der Waals surface area contributed by atoms with Crippen LogP contribution in [0.3, 0.4) is 0 Å². The molecule has 0 unspecified atom stereocenters. The van der Waals surface area contributed by atoms with Gasteiger partial charge in [0, 0.05) is 36.3 Å². The number of nitrogen functional groups attached to an aromatic ring is 1. The molecule has 3 aromatic rings. The first-order valence-electron chi connectivity index (χ1n) is 17.5. The molecule has 51 heavy (non-hydrogen) atoms. The van der Waals surface area contributed by atoms with Crippen molar-refractivity contribution in [1.82, 2.24) is 14.9 Å². The molecule has 2 N–H and O–H groups in total. The van der Waals surface area contributed by atoms with E-state index in [9.17, 15) is 22.8 Å². The molecule has 1 aromatic heterocycles. The van der Waals surface area contributed by atoms with Crippen LogP contribution < -0.4 is 15.4 Å². The van der Waals surface area contributed by atoms with Crippen LogP contribution in [0, 0.1) is 5.41 Å². The van der Waals surface area contributed by atoms with Crippen LogP contribution in [0.25, 0.3) is 0 Å². The number of esters is 1. The lowest BCUT2D eigenvalue weighted by Gasteiger charge is -2.39. The van der Waals surface area contributed by atoms with E-state index < -0.39 is 35.8 Å². The Morgan fingerprint density at radius 3 is 2.43 bits per heavy atom. The van der Waals surface area contributed by atoms with Crippen LogP contribution in [0.1, 0.15) is 87.0 Å². The number of likely N-dealkylation sites (tertiary alicyclic amines) is 1. The number of carbonyl (C=O) groups is 2. The van der Waals surface area contributed by atoms with Gasteiger partial charge in [-0.15, -0.1) is 0 Å². The van der Waals surface area contributed by atoms with Crippen LogP contribution >= 0.6 is 11.6 Å². The molecule has 3 heterocycles. The summed E-state index contributed by atoms with van der Waals surface area (Å²) < 4.78 is 60.7. The Bertz CT molecular complexity index is 1680. The number of hydrogen-bond donors (Lipinski definition) is 1. The van der Waals surface area contributed by atoms with Crippen molar-refractivity contribution in [1.29, 1.82) is 0 Å². The Hall–Kier alpha value is -4.26. The Labute approximate surface area is 300 Å². The zero-order valence-corrected chi connectivity index (χ0v) is 29.3. The van der Waals surface area contributed by atoms with Crippen LogP contribution in [-0.4, -0.2) is 65.4 Å². The molecule has 14 heteroatoms. The van der Waals surface area contributed by atoms with Crippen molar-refractivity contribution in [2.45, 2.75) is 89.1 Å². The number of amides is 1. The van der Waals surface area contributed by atoms with E-state index in [0.29, 0.717) is 55.3 Å². The number of halogens is 4. The highest BCUT2D eigenvalue weighted by Crippen LogP contribution is 2.46. The van der Waals surface area contributed by atoms with Crippen LogP contribution in [0.15, 0.2) is 54.6 Å². The minimum absolute atomic E-state index is 0.0154. The number of rotatable bonds is 9. The monoisotopic (exact) mass is 729 g/mol. The normalized spacial score (nSPS) is 19.9. The summed E-state index contributed by atoms with van der Waals surface area (Å²) in [7, 11) is 0. The Balaban J connectivity index is 1.17. The average Bonchev–Trinajstić information content (AvgIpc) is 3.49. The lowest BCUT2D eigenvalue weighted by atomic mass is 9.76. The first kappa shape index (κ1) is 36.5. The summed E-state index contributed by atoms with van der Waals surface area (Å²) in [4.78, 5) is 38.0. The number of piperidine rings is 1. The fourth-order valence-corrected chi connectivity index (χ4v) is 7.88. The summed E-state index contributed by atoms with van der Waals surface area (Å²) >= 11 is 6.27. The molecule has 0 bridgehead atoms. The highest BCUT2D eigenvalue weighted by molar-refractivity contribution is 6.30. The van der Waals surface area contributed by atoms with Gasteiger partial charge in [-0.25, -0.2) is 9.59 Å². The zero-order chi connectivity index (χ0) is 36.2. The standard InChI is InChI=1S/C37H43ClF3N5O5/c1-2-49-33(47)29-21-36(23-46(29)35(48)50-22-24-9-5-3-6-10-24)15-17-45(18-16-36)30-20-31(44-34(42)43-30)51-32(37(39,40)41)27-14-13-26(38)19-28(27)25-11-7-4-8-12-25/h3,5-6,9-10,13-14,19-20,25,29,32H,2,4,7-8,11-12,15-18,21-23H2,1H3,(H2,42,43,44)/t29-,32+/m0/s1. The van der Waals surface area contributed by atoms with Crippen LogP contribution in [0.5, 0.6) is 5.88 Å². The molecule has 3 aliphatic rings. The SMILES string of the molecule is CCOC(=O)[C@@H]1CC2(CCN(c3cc(O[C@H](c4ccc(Cl)cc4C4CCCCC4)C(F)(F)F)nc(N)n3)CC2)CN1C(=O)OCc1ccccc1. The molecule has 1 saturated carbocycles. The van der Waals surface area contributed by atoms with Crippen LogP contribution in [0.2, 0.25) is 5.02 Å². The van der Waals surface area contributed by atoms with Crippen molar-refractivity contribution in [3.8, 4) is 5.88 Å². The van der Waals surface area contributed by atoms with Gasteiger partial charge in [-0.3, -0.25) is 4.90 Å². The van der Waals surface area contributed by atoms with Crippen LogP contribution in [-0.2, 0) is 20.9 Å². The maximum absolute atomic E-state index is 14.7. The number of anilines is 2. The number of nitrogens with two attached hydrogens (primary N) is 1.